The first-order valence-electron chi connectivity index (χ1n) is 7.71. The van der Waals surface area contributed by atoms with E-state index in [0.29, 0.717) is 6.54 Å². The Morgan fingerprint density at radius 2 is 1.96 bits per heavy atom. The van der Waals surface area contributed by atoms with Gasteiger partial charge in [-0.1, -0.05) is 42.5 Å². The van der Waals surface area contributed by atoms with Gasteiger partial charge in [-0.05, 0) is 28.7 Å². The maximum Gasteiger partial charge on any atom is 0.329 e. The minimum absolute atomic E-state index is 0.000259. The fourth-order valence-corrected chi connectivity index (χ4v) is 2.94. The van der Waals surface area contributed by atoms with E-state index in [1.54, 1.807) is 0 Å². The number of fused-ring (bicyclic) bond motifs is 1. The molecule has 2 aromatic carbocycles. The standard InChI is InChI=1S/C18H19NO4/c20-17(21)11-23-9-8-19-18(22)16-10-15(16)14-7-3-5-12-4-1-2-6-13(12)14/h1-7,15-16H,8-11H2,(H,19,22)(H,20,21). The summed E-state index contributed by atoms with van der Waals surface area (Å²) in [5.41, 5.74) is 1.23. The van der Waals surface area contributed by atoms with Gasteiger partial charge in [0.15, 0.2) is 0 Å². The highest BCUT2D eigenvalue weighted by molar-refractivity contribution is 5.89. The molecule has 1 amide bonds. The van der Waals surface area contributed by atoms with Gasteiger partial charge in [-0.3, -0.25) is 4.79 Å². The van der Waals surface area contributed by atoms with Crippen LogP contribution in [0, 0.1) is 5.92 Å². The van der Waals surface area contributed by atoms with Gasteiger partial charge in [0.1, 0.15) is 6.61 Å². The van der Waals surface area contributed by atoms with Crippen LogP contribution >= 0.6 is 0 Å². The molecule has 5 nitrogen and oxygen atoms in total. The maximum atomic E-state index is 12.1. The van der Waals surface area contributed by atoms with E-state index in [9.17, 15) is 9.59 Å². The number of amides is 1. The molecule has 1 fully saturated rings. The summed E-state index contributed by atoms with van der Waals surface area (Å²) in [7, 11) is 0. The molecule has 5 heteroatoms. The fourth-order valence-electron chi connectivity index (χ4n) is 2.94. The van der Waals surface area contributed by atoms with Crippen LogP contribution in [0.25, 0.3) is 10.8 Å². The molecule has 2 unspecified atom stereocenters. The molecule has 0 saturated heterocycles. The van der Waals surface area contributed by atoms with E-state index >= 15 is 0 Å². The third-order valence-corrected chi connectivity index (χ3v) is 4.12. The Kier molecular flexibility index (Phi) is 4.57. The van der Waals surface area contributed by atoms with Crippen molar-refractivity contribution in [3.05, 3.63) is 48.0 Å². The van der Waals surface area contributed by atoms with Crippen LogP contribution in [0.3, 0.4) is 0 Å². The summed E-state index contributed by atoms with van der Waals surface area (Å²) in [6.07, 6.45) is 0.857. The van der Waals surface area contributed by atoms with E-state index in [2.05, 4.69) is 29.6 Å². The predicted octanol–water partition coefficient (Wildman–Crippen LogP) is 2.16. The first kappa shape index (κ1) is 15.5. The molecular formula is C18H19NO4. The summed E-state index contributed by atoms with van der Waals surface area (Å²) in [6.45, 7) is 0.215. The van der Waals surface area contributed by atoms with Crippen molar-refractivity contribution in [2.45, 2.75) is 12.3 Å². The third-order valence-electron chi connectivity index (χ3n) is 4.12. The zero-order valence-corrected chi connectivity index (χ0v) is 12.7. The average molecular weight is 313 g/mol. The van der Waals surface area contributed by atoms with Gasteiger partial charge in [0.2, 0.25) is 5.91 Å². The van der Waals surface area contributed by atoms with Gasteiger partial charge in [-0.15, -0.1) is 0 Å². The molecule has 2 aromatic rings. The minimum atomic E-state index is -1.01. The predicted molar refractivity (Wildman–Crippen MR) is 86.3 cm³/mol. The number of hydrogen-bond acceptors (Lipinski definition) is 3. The molecule has 0 spiro atoms. The van der Waals surface area contributed by atoms with Crippen LogP contribution in [0.4, 0.5) is 0 Å². The Balaban J connectivity index is 1.54. The first-order chi connectivity index (χ1) is 11.2. The number of rotatable bonds is 7. The number of carboxylic acid groups (broad SMARTS) is 1. The van der Waals surface area contributed by atoms with Crippen molar-refractivity contribution >= 4 is 22.6 Å². The summed E-state index contributed by atoms with van der Waals surface area (Å²) >= 11 is 0. The SMILES string of the molecule is O=C(O)COCCNC(=O)C1CC1c1cccc2ccccc12. The van der Waals surface area contributed by atoms with Crippen molar-refractivity contribution < 1.29 is 19.4 Å². The van der Waals surface area contributed by atoms with Gasteiger partial charge in [-0.2, -0.15) is 0 Å². The second kappa shape index (κ2) is 6.79. The highest BCUT2D eigenvalue weighted by Crippen LogP contribution is 2.49. The van der Waals surface area contributed by atoms with Crippen LogP contribution in [0.15, 0.2) is 42.5 Å². The first-order valence-corrected chi connectivity index (χ1v) is 7.71. The summed E-state index contributed by atoms with van der Waals surface area (Å²) in [5, 5.41) is 13.7. The van der Waals surface area contributed by atoms with Gasteiger partial charge < -0.3 is 15.2 Å². The van der Waals surface area contributed by atoms with Crippen molar-refractivity contribution in [3.8, 4) is 0 Å². The van der Waals surface area contributed by atoms with Crippen LogP contribution in [0.5, 0.6) is 0 Å². The average Bonchev–Trinajstić information content (AvgIpc) is 3.34. The molecule has 23 heavy (non-hydrogen) atoms. The maximum absolute atomic E-state index is 12.1. The van der Waals surface area contributed by atoms with Crippen molar-refractivity contribution in [1.82, 2.24) is 5.32 Å². The normalized spacial score (nSPS) is 19.5. The molecule has 0 aromatic heterocycles. The molecular weight excluding hydrogens is 294 g/mol. The van der Waals surface area contributed by atoms with E-state index < -0.39 is 5.97 Å². The van der Waals surface area contributed by atoms with Crippen LogP contribution in [0.1, 0.15) is 17.9 Å². The molecule has 3 rings (SSSR count). The van der Waals surface area contributed by atoms with Crippen molar-refractivity contribution in [3.63, 3.8) is 0 Å². The van der Waals surface area contributed by atoms with Crippen molar-refractivity contribution in [2.75, 3.05) is 19.8 Å². The Morgan fingerprint density at radius 3 is 2.78 bits per heavy atom. The van der Waals surface area contributed by atoms with Gasteiger partial charge in [0.25, 0.3) is 0 Å². The summed E-state index contributed by atoms with van der Waals surface area (Å²) < 4.78 is 4.90. The number of nitrogens with one attached hydrogen (secondary N) is 1. The Hall–Kier alpha value is -2.40. The lowest BCUT2D eigenvalue weighted by atomic mass is 10.00. The van der Waals surface area contributed by atoms with Crippen LogP contribution in [-0.2, 0) is 14.3 Å². The van der Waals surface area contributed by atoms with Crippen LogP contribution in [-0.4, -0.2) is 36.7 Å². The minimum Gasteiger partial charge on any atom is -0.480 e. The number of benzene rings is 2. The van der Waals surface area contributed by atoms with Crippen molar-refractivity contribution in [2.24, 2.45) is 5.92 Å². The zero-order valence-electron chi connectivity index (χ0n) is 12.7. The van der Waals surface area contributed by atoms with E-state index in [0.717, 1.165) is 6.42 Å². The third kappa shape index (κ3) is 3.68. The van der Waals surface area contributed by atoms with Gasteiger partial charge >= 0.3 is 5.97 Å². The van der Waals surface area contributed by atoms with E-state index in [4.69, 9.17) is 9.84 Å². The molecule has 120 valence electrons. The Morgan fingerprint density at radius 1 is 1.17 bits per heavy atom. The number of hydrogen-bond donors (Lipinski definition) is 2. The van der Waals surface area contributed by atoms with E-state index in [1.807, 2.05) is 18.2 Å². The lowest BCUT2D eigenvalue weighted by Crippen LogP contribution is -2.29. The summed E-state index contributed by atoms with van der Waals surface area (Å²) in [5.74, 6) is -0.724. The lowest BCUT2D eigenvalue weighted by molar-refractivity contribution is -0.142. The number of ether oxygens (including phenoxy) is 1. The molecule has 0 heterocycles. The Labute approximate surface area is 134 Å². The number of aliphatic carboxylic acids is 1. The molecule has 2 atom stereocenters. The smallest absolute Gasteiger partial charge is 0.329 e. The fraction of sp³-hybridized carbons (Fsp3) is 0.333. The quantitative estimate of drug-likeness (QED) is 0.768. The summed E-state index contributed by atoms with van der Waals surface area (Å²) in [6, 6.07) is 14.4. The molecule has 1 aliphatic rings. The molecule has 2 N–H and O–H groups in total. The number of carbonyl (C=O) groups excluding carboxylic acids is 1. The van der Waals surface area contributed by atoms with Gasteiger partial charge in [-0.25, -0.2) is 4.79 Å². The molecule has 1 aliphatic carbocycles. The number of carbonyl (C=O) groups is 2. The zero-order chi connectivity index (χ0) is 16.2. The highest BCUT2D eigenvalue weighted by Gasteiger charge is 2.44. The largest absolute Gasteiger partial charge is 0.480 e. The lowest BCUT2D eigenvalue weighted by Gasteiger charge is -2.07. The summed E-state index contributed by atoms with van der Waals surface area (Å²) in [4.78, 5) is 22.4. The molecule has 0 bridgehead atoms. The van der Waals surface area contributed by atoms with E-state index in [-0.39, 0.29) is 31.0 Å². The second-order valence-corrected chi connectivity index (χ2v) is 5.75. The van der Waals surface area contributed by atoms with Gasteiger partial charge in [0.05, 0.1) is 6.61 Å². The monoisotopic (exact) mass is 313 g/mol. The van der Waals surface area contributed by atoms with E-state index in [1.165, 1.54) is 16.3 Å². The number of carboxylic acids is 1. The topological polar surface area (TPSA) is 75.6 Å². The Bertz CT molecular complexity index is 723. The van der Waals surface area contributed by atoms with Crippen LogP contribution < -0.4 is 5.32 Å². The van der Waals surface area contributed by atoms with Crippen LogP contribution in [0.2, 0.25) is 0 Å². The molecule has 0 radical (unpaired) electrons. The molecule has 0 aliphatic heterocycles. The van der Waals surface area contributed by atoms with Crippen molar-refractivity contribution in [1.29, 1.82) is 0 Å². The molecule has 1 saturated carbocycles. The highest BCUT2D eigenvalue weighted by atomic mass is 16.5. The second-order valence-electron chi connectivity index (χ2n) is 5.75. The van der Waals surface area contributed by atoms with Gasteiger partial charge in [0, 0.05) is 12.5 Å².